The van der Waals surface area contributed by atoms with E-state index in [1.807, 2.05) is 27.7 Å². The molecule has 0 aliphatic carbocycles. The lowest BCUT2D eigenvalue weighted by Crippen LogP contribution is -2.53. The van der Waals surface area contributed by atoms with E-state index < -0.39 is 11.6 Å². The van der Waals surface area contributed by atoms with Crippen molar-refractivity contribution in [1.29, 1.82) is 0 Å². The molecule has 2 amide bonds. The van der Waals surface area contributed by atoms with Gasteiger partial charge in [-0.2, -0.15) is 0 Å². The molecule has 0 heterocycles. The number of nitrogens with one attached hydrogen (secondary N) is 1. The highest BCUT2D eigenvalue weighted by Crippen LogP contribution is 2.24. The van der Waals surface area contributed by atoms with E-state index >= 15 is 0 Å². The van der Waals surface area contributed by atoms with Gasteiger partial charge in [0.15, 0.2) is 0 Å². The summed E-state index contributed by atoms with van der Waals surface area (Å²) in [5, 5.41) is 4.59. The molecule has 5 nitrogen and oxygen atoms in total. The quantitative estimate of drug-likeness (QED) is 0.368. The molecule has 2 rings (SSSR count). The Bertz CT molecular complexity index is 943. The molecule has 0 aliphatic rings. The van der Waals surface area contributed by atoms with Gasteiger partial charge in [0.25, 0.3) is 0 Å². The SMILES string of the molecule is CC[C@@H](C(=O)NC(C)(C)C)N(Cc1ccc(Cl)cc1Cl)C(=O)CCCOc1ccc(Cl)cc1. The number of amides is 2. The van der Waals surface area contributed by atoms with E-state index in [9.17, 15) is 9.59 Å². The van der Waals surface area contributed by atoms with Crippen molar-refractivity contribution in [2.45, 2.75) is 65.1 Å². The maximum absolute atomic E-state index is 13.3. The van der Waals surface area contributed by atoms with Gasteiger partial charge in [0.05, 0.1) is 6.61 Å². The average molecular weight is 514 g/mol. The van der Waals surface area contributed by atoms with Gasteiger partial charge in [-0.15, -0.1) is 0 Å². The van der Waals surface area contributed by atoms with Crippen LogP contribution in [0.15, 0.2) is 42.5 Å². The fraction of sp³-hybridized carbons (Fsp3) is 0.440. The number of ether oxygens (including phenoxy) is 1. The van der Waals surface area contributed by atoms with Gasteiger partial charge in [0.2, 0.25) is 11.8 Å². The van der Waals surface area contributed by atoms with Gasteiger partial charge in [-0.1, -0.05) is 47.8 Å². The smallest absolute Gasteiger partial charge is 0.243 e. The molecule has 1 atom stereocenters. The third kappa shape index (κ3) is 9.07. The van der Waals surface area contributed by atoms with Crippen LogP contribution in [0.5, 0.6) is 5.75 Å². The first-order valence-corrected chi connectivity index (χ1v) is 12.1. The summed E-state index contributed by atoms with van der Waals surface area (Å²) < 4.78 is 5.70. The van der Waals surface area contributed by atoms with E-state index in [1.165, 1.54) is 0 Å². The van der Waals surface area contributed by atoms with Crippen LogP contribution in [-0.4, -0.2) is 34.9 Å². The van der Waals surface area contributed by atoms with Crippen LogP contribution in [0.1, 0.15) is 52.5 Å². The molecule has 180 valence electrons. The second-order valence-corrected chi connectivity index (χ2v) is 10.1. The highest BCUT2D eigenvalue weighted by molar-refractivity contribution is 6.35. The molecule has 8 heteroatoms. The fourth-order valence-corrected chi connectivity index (χ4v) is 3.89. The van der Waals surface area contributed by atoms with Crippen molar-refractivity contribution < 1.29 is 14.3 Å². The second-order valence-electron chi connectivity index (χ2n) is 8.83. The van der Waals surface area contributed by atoms with Gasteiger partial charge in [-0.25, -0.2) is 0 Å². The minimum atomic E-state index is -0.624. The van der Waals surface area contributed by atoms with E-state index in [-0.39, 0.29) is 24.8 Å². The monoisotopic (exact) mass is 512 g/mol. The zero-order chi connectivity index (χ0) is 24.6. The van der Waals surface area contributed by atoms with Crippen LogP contribution in [0.2, 0.25) is 15.1 Å². The highest BCUT2D eigenvalue weighted by atomic mass is 35.5. The molecule has 0 saturated heterocycles. The molecule has 0 spiro atoms. The van der Waals surface area contributed by atoms with Crippen molar-refractivity contribution in [3.63, 3.8) is 0 Å². The minimum Gasteiger partial charge on any atom is -0.494 e. The van der Waals surface area contributed by atoms with E-state index in [0.717, 1.165) is 5.56 Å². The third-order valence-electron chi connectivity index (χ3n) is 4.86. The van der Waals surface area contributed by atoms with Crippen molar-refractivity contribution in [3.05, 3.63) is 63.1 Å². The number of hydrogen-bond acceptors (Lipinski definition) is 3. The summed E-state index contributed by atoms with van der Waals surface area (Å²) in [6.45, 7) is 8.20. The van der Waals surface area contributed by atoms with Crippen molar-refractivity contribution in [1.82, 2.24) is 10.2 Å². The van der Waals surface area contributed by atoms with Crippen molar-refractivity contribution >= 4 is 46.6 Å². The Balaban J connectivity index is 2.12. The molecular formula is C25H31Cl3N2O3. The van der Waals surface area contributed by atoms with Crippen molar-refractivity contribution in [2.75, 3.05) is 6.61 Å². The molecule has 1 N–H and O–H groups in total. The summed E-state index contributed by atoms with van der Waals surface area (Å²) in [4.78, 5) is 27.9. The number of hydrogen-bond donors (Lipinski definition) is 1. The largest absolute Gasteiger partial charge is 0.494 e. The first-order chi connectivity index (χ1) is 15.5. The molecule has 0 radical (unpaired) electrons. The van der Waals surface area contributed by atoms with Crippen LogP contribution < -0.4 is 10.1 Å². The lowest BCUT2D eigenvalue weighted by molar-refractivity contribution is -0.142. The fourth-order valence-electron chi connectivity index (χ4n) is 3.29. The Labute approximate surface area is 211 Å². The van der Waals surface area contributed by atoms with Crippen LogP contribution in [0.3, 0.4) is 0 Å². The third-order valence-corrected chi connectivity index (χ3v) is 5.70. The van der Waals surface area contributed by atoms with Crippen molar-refractivity contribution in [2.24, 2.45) is 0 Å². The van der Waals surface area contributed by atoms with E-state index in [0.29, 0.717) is 40.3 Å². The molecule has 0 fully saturated rings. The van der Waals surface area contributed by atoms with Crippen molar-refractivity contribution in [3.8, 4) is 5.75 Å². The Morgan fingerprint density at radius 3 is 2.24 bits per heavy atom. The van der Waals surface area contributed by atoms with Crippen LogP contribution in [-0.2, 0) is 16.1 Å². The number of nitrogens with zero attached hydrogens (tertiary/aromatic N) is 1. The summed E-state index contributed by atoms with van der Waals surface area (Å²) in [6, 6.07) is 11.6. The number of benzene rings is 2. The molecule has 0 aromatic heterocycles. The lowest BCUT2D eigenvalue weighted by Gasteiger charge is -2.33. The van der Waals surface area contributed by atoms with Gasteiger partial charge in [-0.05, 0) is 75.6 Å². The molecule has 2 aromatic rings. The number of carbonyl (C=O) groups excluding carboxylic acids is 2. The number of carbonyl (C=O) groups is 2. The predicted octanol–water partition coefficient (Wildman–Crippen LogP) is 6.53. The number of halogens is 3. The van der Waals surface area contributed by atoms with Gasteiger partial charge < -0.3 is 15.0 Å². The van der Waals surface area contributed by atoms with Gasteiger partial charge in [0, 0.05) is 33.6 Å². The molecular weight excluding hydrogens is 483 g/mol. The Morgan fingerprint density at radius 1 is 1.03 bits per heavy atom. The molecule has 0 bridgehead atoms. The molecule has 0 saturated carbocycles. The summed E-state index contributed by atoms with van der Waals surface area (Å²) in [6.07, 6.45) is 1.21. The zero-order valence-electron chi connectivity index (χ0n) is 19.5. The Hall–Kier alpha value is -1.95. The van der Waals surface area contributed by atoms with Crippen LogP contribution in [0.25, 0.3) is 0 Å². The van der Waals surface area contributed by atoms with Crippen LogP contribution in [0, 0.1) is 0 Å². The second kappa shape index (κ2) is 12.5. The zero-order valence-corrected chi connectivity index (χ0v) is 21.7. The standard InChI is InChI=1S/C25H31Cl3N2O3/c1-5-22(24(32)29-25(2,3)4)30(16-17-8-9-19(27)15-21(17)28)23(31)7-6-14-33-20-12-10-18(26)11-13-20/h8-13,15,22H,5-7,14,16H2,1-4H3,(H,29,32)/t22-/m0/s1. The summed E-state index contributed by atoms with van der Waals surface area (Å²) in [5.74, 6) is 0.352. The van der Waals surface area contributed by atoms with Gasteiger partial charge >= 0.3 is 0 Å². The lowest BCUT2D eigenvalue weighted by atomic mass is 10.0. The van der Waals surface area contributed by atoms with E-state index in [1.54, 1.807) is 47.4 Å². The van der Waals surface area contributed by atoms with E-state index in [4.69, 9.17) is 39.5 Å². The number of rotatable bonds is 10. The Morgan fingerprint density at radius 2 is 1.67 bits per heavy atom. The van der Waals surface area contributed by atoms with E-state index in [2.05, 4.69) is 5.32 Å². The molecule has 0 unspecified atom stereocenters. The minimum absolute atomic E-state index is 0.142. The van der Waals surface area contributed by atoms with Crippen LogP contribution >= 0.6 is 34.8 Å². The predicted molar refractivity (Wildman–Crippen MR) is 135 cm³/mol. The maximum Gasteiger partial charge on any atom is 0.243 e. The normalized spacial score (nSPS) is 12.2. The highest BCUT2D eigenvalue weighted by Gasteiger charge is 2.30. The summed E-state index contributed by atoms with van der Waals surface area (Å²) in [7, 11) is 0. The first-order valence-electron chi connectivity index (χ1n) is 10.9. The first kappa shape index (κ1) is 27.3. The van der Waals surface area contributed by atoms with Crippen LogP contribution in [0.4, 0.5) is 0 Å². The maximum atomic E-state index is 13.3. The molecule has 33 heavy (non-hydrogen) atoms. The average Bonchev–Trinajstić information content (AvgIpc) is 2.72. The molecule has 2 aromatic carbocycles. The topological polar surface area (TPSA) is 58.6 Å². The molecule has 0 aliphatic heterocycles. The summed E-state index contributed by atoms with van der Waals surface area (Å²) in [5.41, 5.74) is 0.317. The summed E-state index contributed by atoms with van der Waals surface area (Å²) >= 11 is 18.3. The van der Waals surface area contributed by atoms with Gasteiger partial charge in [-0.3, -0.25) is 9.59 Å². The van der Waals surface area contributed by atoms with Gasteiger partial charge in [0.1, 0.15) is 11.8 Å². The Kier molecular flexibility index (Phi) is 10.3.